The van der Waals surface area contributed by atoms with Crippen LogP contribution in [0.5, 0.6) is 0 Å². The number of benzene rings is 2. The molecule has 0 unspecified atom stereocenters. The van der Waals surface area contributed by atoms with Gasteiger partial charge in [0.2, 0.25) is 15.9 Å². The molecule has 1 heterocycles. The Morgan fingerprint density at radius 3 is 2.37 bits per heavy atom. The summed E-state index contributed by atoms with van der Waals surface area (Å²) in [7, 11) is -1.70. The third-order valence-corrected chi connectivity index (χ3v) is 8.43. The maximum atomic E-state index is 13.0. The van der Waals surface area contributed by atoms with Crippen molar-refractivity contribution < 1.29 is 13.2 Å². The minimum atomic E-state index is -3.55. The van der Waals surface area contributed by atoms with E-state index in [1.807, 2.05) is 45.2 Å². The van der Waals surface area contributed by atoms with Gasteiger partial charge in [0.05, 0.1) is 15.9 Å². The average molecular weight is 499 g/mol. The molecule has 190 valence electrons. The molecule has 0 aliphatic carbocycles. The fourth-order valence-electron chi connectivity index (χ4n) is 4.40. The van der Waals surface area contributed by atoms with Crippen LogP contribution in [0.2, 0.25) is 0 Å². The van der Waals surface area contributed by atoms with Gasteiger partial charge in [-0.2, -0.15) is 4.31 Å². The van der Waals surface area contributed by atoms with Crippen LogP contribution < -0.4 is 0 Å². The van der Waals surface area contributed by atoms with Gasteiger partial charge in [0, 0.05) is 46.1 Å². The molecule has 0 radical (unpaired) electrons. The lowest BCUT2D eigenvalue weighted by Gasteiger charge is -2.18. The number of hydrogen-bond donors (Lipinski definition) is 0. The lowest BCUT2D eigenvalue weighted by molar-refractivity contribution is -0.129. The molecule has 0 bridgehead atoms. The van der Waals surface area contributed by atoms with Crippen molar-refractivity contribution >= 4 is 27.0 Å². The van der Waals surface area contributed by atoms with Crippen LogP contribution in [0.4, 0.5) is 0 Å². The van der Waals surface area contributed by atoms with Crippen molar-refractivity contribution in [2.75, 3.05) is 26.7 Å². The molecule has 8 heteroatoms. The molecule has 3 aromatic rings. The van der Waals surface area contributed by atoms with E-state index in [-0.39, 0.29) is 10.8 Å². The Balaban J connectivity index is 1.70. The second kappa shape index (κ2) is 12.3. The standard InChI is InChI=1S/C27H38N4O3S/c1-5-19-31-25-16-15-23(35(33,34)30(6-2)7-3)21-24(25)28-26(31)17-18-27(32)29(4)20-11-14-22-12-9-8-10-13-22/h8-10,12-13,15-16,21H,5-7,11,14,17-20H2,1-4H3. The van der Waals surface area contributed by atoms with Gasteiger partial charge >= 0.3 is 0 Å². The third-order valence-electron chi connectivity index (χ3n) is 6.38. The number of rotatable bonds is 13. The van der Waals surface area contributed by atoms with Crippen molar-refractivity contribution in [3.63, 3.8) is 0 Å². The van der Waals surface area contributed by atoms with Crippen LogP contribution in [-0.2, 0) is 34.2 Å². The number of nitrogens with zero attached hydrogens (tertiary/aromatic N) is 4. The maximum Gasteiger partial charge on any atom is 0.243 e. The van der Waals surface area contributed by atoms with Gasteiger partial charge in [-0.3, -0.25) is 4.79 Å². The Morgan fingerprint density at radius 1 is 1.00 bits per heavy atom. The predicted molar refractivity (Wildman–Crippen MR) is 141 cm³/mol. The summed E-state index contributed by atoms with van der Waals surface area (Å²) in [5.74, 6) is 0.920. The molecule has 0 aliphatic rings. The van der Waals surface area contributed by atoms with Gasteiger partial charge < -0.3 is 9.47 Å². The number of fused-ring (bicyclic) bond motifs is 1. The smallest absolute Gasteiger partial charge is 0.243 e. The van der Waals surface area contributed by atoms with Crippen LogP contribution in [0.1, 0.15) is 51.4 Å². The van der Waals surface area contributed by atoms with E-state index in [4.69, 9.17) is 4.98 Å². The van der Waals surface area contributed by atoms with E-state index in [0.717, 1.165) is 37.1 Å². The molecule has 0 spiro atoms. The summed E-state index contributed by atoms with van der Waals surface area (Å²) in [5, 5.41) is 0. The topological polar surface area (TPSA) is 75.5 Å². The van der Waals surface area contributed by atoms with E-state index in [0.29, 0.717) is 38.0 Å². The summed E-state index contributed by atoms with van der Waals surface area (Å²) in [4.78, 5) is 19.6. The van der Waals surface area contributed by atoms with E-state index in [1.165, 1.54) is 9.87 Å². The number of imidazole rings is 1. The molecular formula is C27H38N4O3S. The van der Waals surface area contributed by atoms with Crippen molar-refractivity contribution in [3.05, 3.63) is 59.9 Å². The van der Waals surface area contributed by atoms with Gasteiger partial charge in [-0.15, -0.1) is 0 Å². The van der Waals surface area contributed by atoms with Gasteiger partial charge in [-0.05, 0) is 43.0 Å². The van der Waals surface area contributed by atoms with E-state index >= 15 is 0 Å². The molecule has 2 aromatic carbocycles. The molecular weight excluding hydrogens is 460 g/mol. The number of carbonyl (C=O) groups excluding carboxylic acids is 1. The Labute approximate surface area is 209 Å². The zero-order valence-electron chi connectivity index (χ0n) is 21.4. The quantitative estimate of drug-likeness (QED) is 0.348. The Morgan fingerprint density at radius 2 is 1.71 bits per heavy atom. The third kappa shape index (κ3) is 6.49. The number of aryl methyl sites for hydroxylation is 3. The zero-order chi connectivity index (χ0) is 25.4. The van der Waals surface area contributed by atoms with Crippen molar-refractivity contribution in [1.29, 1.82) is 0 Å². The second-order valence-electron chi connectivity index (χ2n) is 8.82. The second-order valence-corrected chi connectivity index (χ2v) is 10.8. The highest BCUT2D eigenvalue weighted by atomic mass is 32.2. The van der Waals surface area contributed by atoms with Crippen LogP contribution in [0.3, 0.4) is 0 Å². The van der Waals surface area contributed by atoms with Crippen molar-refractivity contribution in [1.82, 2.24) is 18.8 Å². The van der Waals surface area contributed by atoms with E-state index in [9.17, 15) is 13.2 Å². The summed E-state index contributed by atoms with van der Waals surface area (Å²) in [5.41, 5.74) is 2.85. The molecule has 3 rings (SSSR count). The highest BCUT2D eigenvalue weighted by Gasteiger charge is 2.23. The predicted octanol–water partition coefficient (Wildman–Crippen LogP) is 4.50. The molecule has 35 heavy (non-hydrogen) atoms. The molecule has 0 fully saturated rings. The Kier molecular flexibility index (Phi) is 9.46. The SMILES string of the molecule is CCCn1c(CCC(=O)N(C)CCCc2ccccc2)nc2cc(S(=O)(=O)N(CC)CC)ccc21. The first kappa shape index (κ1) is 26.9. The van der Waals surface area contributed by atoms with Crippen LogP contribution >= 0.6 is 0 Å². The summed E-state index contributed by atoms with van der Waals surface area (Å²) >= 11 is 0. The van der Waals surface area contributed by atoms with Crippen LogP contribution in [0.25, 0.3) is 11.0 Å². The number of hydrogen-bond acceptors (Lipinski definition) is 4. The number of sulfonamides is 1. The summed E-state index contributed by atoms with van der Waals surface area (Å²) in [6.07, 6.45) is 3.69. The van der Waals surface area contributed by atoms with Crippen molar-refractivity contribution in [2.45, 2.75) is 64.3 Å². The number of amides is 1. The Bertz CT molecular complexity index is 1220. The van der Waals surface area contributed by atoms with Crippen LogP contribution in [0.15, 0.2) is 53.4 Å². The molecule has 0 atom stereocenters. The average Bonchev–Trinajstić information content (AvgIpc) is 3.20. The van der Waals surface area contributed by atoms with Gasteiger partial charge in [0.1, 0.15) is 5.82 Å². The molecule has 0 aliphatic heterocycles. The number of aromatic nitrogens is 2. The summed E-state index contributed by atoms with van der Waals surface area (Å²) in [6, 6.07) is 15.5. The minimum Gasteiger partial charge on any atom is -0.346 e. The fraction of sp³-hybridized carbons (Fsp3) is 0.481. The molecule has 0 saturated carbocycles. The fourth-order valence-corrected chi connectivity index (χ4v) is 5.87. The van der Waals surface area contributed by atoms with E-state index in [1.54, 1.807) is 17.0 Å². The Hall–Kier alpha value is -2.71. The van der Waals surface area contributed by atoms with E-state index in [2.05, 4.69) is 23.6 Å². The van der Waals surface area contributed by atoms with Crippen LogP contribution in [-0.4, -0.2) is 59.8 Å². The van der Waals surface area contributed by atoms with Gasteiger partial charge in [-0.25, -0.2) is 13.4 Å². The first-order chi connectivity index (χ1) is 16.8. The van der Waals surface area contributed by atoms with Gasteiger partial charge in [0.15, 0.2) is 0 Å². The highest BCUT2D eigenvalue weighted by molar-refractivity contribution is 7.89. The first-order valence-electron chi connectivity index (χ1n) is 12.6. The highest BCUT2D eigenvalue weighted by Crippen LogP contribution is 2.24. The molecule has 1 aromatic heterocycles. The molecule has 0 saturated heterocycles. The van der Waals surface area contributed by atoms with Crippen LogP contribution in [0, 0.1) is 0 Å². The molecule has 1 amide bonds. The lowest BCUT2D eigenvalue weighted by atomic mass is 10.1. The first-order valence-corrected chi connectivity index (χ1v) is 14.0. The van der Waals surface area contributed by atoms with E-state index < -0.39 is 10.0 Å². The van der Waals surface area contributed by atoms with Gasteiger partial charge in [-0.1, -0.05) is 51.1 Å². The summed E-state index contributed by atoms with van der Waals surface area (Å²) in [6.45, 7) is 8.11. The normalized spacial score (nSPS) is 11.9. The number of carbonyl (C=O) groups is 1. The van der Waals surface area contributed by atoms with Gasteiger partial charge in [0.25, 0.3) is 0 Å². The summed E-state index contributed by atoms with van der Waals surface area (Å²) < 4.78 is 29.5. The molecule has 7 nitrogen and oxygen atoms in total. The minimum absolute atomic E-state index is 0.0953. The molecule has 0 N–H and O–H groups in total. The monoisotopic (exact) mass is 498 g/mol. The lowest BCUT2D eigenvalue weighted by Crippen LogP contribution is -2.30. The zero-order valence-corrected chi connectivity index (χ0v) is 22.2. The maximum absolute atomic E-state index is 13.0. The van der Waals surface area contributed by atoms with Crippen molar-refractivity contribution in [3.8, 4) is 0 Å². The largest absolute Gasteiger partial charge is 0.346 e. The van der Waals surface area contributed by atoms with Crippen molar-refractivity contribution in [2.24, 2.45) is 0 Å².